The first-order chi connectivity index (χ1) is 25.4. The summed E-state index contributed by atoms with van der Waals surface area (Å²) in [5.41, 5.74) is 8.14. The minimum Gasteiger partial charge on any atom is -0.507 e. The number of hydrogen-bond acceptors (Lipinski definition) is 6. The van der Waals surface area contributed by atoms with Crippen molar-refractivity contribution in [3.8, 4) is 11.5 Å². The van der Waals surface area contributed by atoms with Crippen LogP contribution in [0.5, 0.6) is 11.5 Å². The van der Waals surface area contributed by atoms with Crippen molar-refractivity contribution in [3.63, 3.8) is 0 Å². The summed E-state index contributed by atoms with van der Waals surface area (Å²) in [5, 5.41) is 26.8. The lowest BCUT2D eigenvalue weighted by Crippen LogP contribution is -2.26. The zero-order chi connectivity index (χ0) is 40.9. The molecule has 4 aromatic carbocycles. The number of benzene rings is 4. The van der Waals surface area contributed by atoms with E-state index >= 15 is 0 Å². The average Bonchev–Trinajstić information content (AvgIpc) is 3.06. The lowest BCUT2D eigenvalue weighted by atomic mass is 9.80. The number of nitrogens with one attached hydrogen (secondary N) is 2. The normalized spacial score (nSPS) is 12.3. The molecule has 0 heterocycles. The molecule has 8 heteroatoms. The van der Waals surface area contributed by atoms with Crippen molar-refractivity contribution in [2.75, 3.05) is 23.8 Å². The number of phenolic OH excluding ortho intramolecular Hbond substituents is 2. The van der Waals surface area contributed by atoms with Crippen molar-refractivity contribution in [3.05, 3.63) is 117 Å². The van der Waals surface area contributed by atoms with Gasteiger partial charge in [-0.15, -0.1) is 0 Å². The van der Waals surface area contributed by atoms with Crippen molar-refractivity contribution in [1.82, 2.24) is 0 Å². The highest BCUT2D eigenvalue weighted by atomic mass is 16.6. The lowest BCUT2D eigenvalue weighted by molar-refractivity contribution is 0.110. The van der Waals surface area contributed by atoms with E-state index in [-0.39, 0.29) is 34.9 Å². The second-order valence-corrected chi connectivity index (χ2v) is 18.8. The van der Waals surface area contributed by atoms with Gasteiger partial charge in [0.2, 0.25) is 0 Å². The number of ether oxygens (including phenoxy) is 2. The molecular weight excluding hydrogens is 689 g/mol. The van der Waals surface area contributed by atoms with Crippen molar-refractivity contribution >= 4 is 23.6 Å². The molecular formula is C47H62N2O6. The fourth-order valence-corrected chi connectivity index (χ4v) is 6.74. The number of aromatic hydroxyl groups is 2. The Labute approximate surface area is 328 Å². The van der Waals surface area contributed by atoms with E-state index in [4.69, 9.17) is 9.47 Å². The number of anilines is 2. The summed E-state index contributed by atoms with van der Waals surface area (Å²) in [4.78, 5) is 25.4. The quantitative estimate of drug-likeness (QED) is 0.115. The van der Waals surface area contributed by atoms with Crippen molar-refractivity contribution in [1.29, 1.82) is 0 Å². The second-order valence-electron chi connectivity index (χ2n) is 18.8. The van der Waals surface area contributed by atoms with E-state index in [1.807, 2.05) is 74.5 Å². The molecule has 0 aliphatic rings. The number of aryl methyl sites for hydroxylation is 2. The van der Waals surface area contributed by atoms with Crippen LogP contribution in [0.3, 0.4) is 0 Å². The minimum atomic E-state index is -0.509. The Morgan fingerprint density at radius 2 is 0.855 bits per heavy atom. The van der Waals surface area contributed by atoms with Gasteiger partial charge in [-0.3, -0.25) is 10.6 Å². The number of hydrogen-bond donors (Lipinski definition) is 4. The average molecular weight is 751 g/mol. The molecule has 0 radical (unpaired) electrons. The first-order valence-corrected chi connectivity index (χ1v) is 19.1. The highest BCUT2D eigenvalue weighted by Crippen LogP contribution is 2.37. The van der Waals surface area contributed by atoms with Gasteiger partial charge in [0.05, 0.1) is 13.2 Å². The van der Waals surface area contributed by atoms with E-state index in [0.717, 1.165) is 44.5 Å². The summed E-state index contributed by atoms with van der Waals surface area (Å²) < 4.78 is 11.3. The Hall–Kier alpha value is -4.98. The molecule has 8 nitrogen and oxygen atoms in total. The largest absolute Gasteiger partial charge is 0.507 e. The third-order valence-corrected chi connectivity index (χ3v) is 9.70. The Kier molecular flexibility index (Phi) is 13.1. The molecule has 0 spiro atoms. The predicted molar refractivity (Wildman–Crippen MR) is 224 cm³/mol. The molecule has 0 bridgehead atoms. The topological polar surface area (TPSA) is 117 Å². The van der Waals surface area contributed by atoms with E-state index in [0.29, 0.717) is 42.1 Å². The van der Waals surface area contributed by atoms with Crippen LogP contribution in [0.2, 0.25) is 0 Å². The van der Waals surface area contributed by atoms with Crippen LogP contribution in [0.25, 0.3) is 0 Å². The molecule has 0 atom stereocenters. The van der Waals surface area contributed by atoms with Gasteiger partial charge in [0.1, 0.15) is 11.5 Å². The van der Waals surface area contributed by atoms with Crippen LogP contribution in [0.15, 0.2) is 72.8 Å². The second kappa shape index (κ2) is 16.8. The molecule has 0 aromatic heterocycles. The van der Waals surface area contributed by atoms with Crippen LogP contribution in [0.1, 0.15) is 114 Å². The molecule has 0 fully saturated rings. The number of carbonyl (C=O) groups is 2. The van der Waals surface area contributed by atoms with Crippen molar-refractivity contribution < 1.29 is 29.3 Å². The van der Waals surface area contributed by atoms with Crippen LogP contribution in [-0.4, -0.2) is 35.6 Å². The fraction of sp³-hybridized carbons (Fsp3) is 0.447. The summed E-state index contributed by atoms with van der Waals surface area (Å²) in [6, 6.07) is 23.4. The monoisotopic (exact) mass is 750 g/mol. The summed E-state index contributed by atoms with van der Waals surface area (Å²) >= 11 is 0. The van der Waals surface area contributed by atoms with Gasteiger partial charge in [-0.05, 0) is 113 Å². The lowest BCUT2D eigenvalue weighted by Gasteiger charge is -2.27. The molecule has 4 rings (SSSR count). The molecule has 55 heavy (non-hydrogen) atoms. The maximum atomic E-state index is 12.7. The third kappa shape index (κ3) is 12.5. The molecule has 0 aliphatic carbocycles. The van der Waals surface area contributed by atoms with Crippen LogP contribution in [0, 0.1) is 24.7 Å². The van der Waals surface area contributed by atoms with Crippen molar-refractivity contribution in [2.45, 2.75) is 113 Å². The number of rotatable bonds is 12. The molecule has 0 saturated carbocycles. The van der Waals surface area contributed by atoms with E-state index in [1.165, 1.54) is 0 Å². The minimum absolute atomic E-state index is 0.187. The molecule has 4 aromatic rings. The Morgan fingerprint density at radius 3 is 1.16 bits per heavy atom. The first kappa shape index (κ1) is 42.8. The molecule has 0 unspecified atom stereocenters. The Bertz CT molecular complexity index is 1820. The molecule has 4 N–H and O–H groups in total. The highest BCUT2D eigenvalue weighted by Gasteiger charge is 2.27. The zero-order valence-electron chi connectivity index (χ0n) is 35.0. The SMILES string of the molecule is Cc1cc(CC(C)(C)COC(=O)Nc2ccc(Cc3ccc(NC(=O)OCC(C)(C)Cc4cc(C)c(O)c(C(C)(C)C)c4)cc3)cc2)cc(C(C)(C)C)c1O. The van der Waals surface area contributed by atoms with Gasteiger partial charge in [-0.25, -0.2) is 9.59 Å². The third-order valence-electron chi connectivity index (χ3n) is 9.70. The van der Waals surface area contributed by atoms with E-state index < -0.39 is 12.2 Å². The summed E-state index contributed by atoms with van der Waals surface area (Å²) in [6.07, 6.45) is 1.05. The van der Waals surface area contributed by atoms with Crippen LogP contribution < -0.4 is 10.6 Å². The first-order valence-electron chi connectivity index (χ1n) is 19.1. The van der Waals surface area contributed by atoms with Gasteiger partial charge in [0, 0.05) is 22.2 Å². The standard InChI is InChI=1S/C47H62N2O6/c1-30-21-34(24-38(40(30)50)44(3,4)5)26-46(9,10)28-54-42(52)48-36-17-13-32(14-18-36)23-33-15-19-37(20-16-33)49-43(53)55-29-47(11,12)27-35-22-31(2)41(51)39(25-35)45(6,7)8/h13-22,24-25,50-51H,23,26-29H2,1-12H3,(H,48,52)(H,49,53). The Balaban J connectivity index is 1.23. The van der Waals surface area contributed by atoms with Gasteiger partial charge in [0.25, 0.3) is 0 Å². The molecule has 0 aliphatic heterocycles. The molecule has 2 amide bonds. The predicted octanol–water partition coefficient (Wildman–Crippen LogP) is 11.5. The summed E-state index contributed by atoms with van der Waals surface area (Å²) in [6.45, 7) is 25.1. The van der Waals surface area contributed by atoms with Gasteiger partial charge in [-0.2, -0.15) is 0 Å². The number of phenols is 2. The fourth-order valence-electron chi connectivity index (χ4n) is 6.74. The zero-order valence-corrected chi connectivity index (χ0v) is 35.0. The molecule has 296 valence electrons. The highest BCUT2D eigenvalue weighted by molar-refractivity contribution is 5.85. The van der Waals surface area contributed by atoms with Gasteiger partial charge in [-0.1, -0.05) is 118 Å². The van der Waals surface area contributed by atoms with Gasteiger partial charge < -0.3 is 19.7 Å². The number of amides is 2. The van der Waals surface area contributed by atoms with Crippen LogP contribution >= 0.6 is 0 Å². The van der Waals surface area contributed by atoms with Crippen molar-refractivity contribution in [2.24, 2.45) is 10.8 Å². The van der Waals surface area contributed by atoms with Gasteiger partial charge in [0.15, 0.2) is 0 Å². The van der Waals surface area contributed by atoms with E-state index in [1.54, 1.807) is 0 Å². The van der Waals surface area contributed by atoms with E-state index in [2.05, 4.69) is 92.0 Å². The maximum Gasteiger partial charge on any atom is 0.411 e. The smallest absolute Gasteiger partial charge is 0.411 e. The van der Waals surface area contributed by atoms with Crippen LogP contribution in [-0.2, 0) is 39.6 Å². The number of carbonyl (C=O) groups excluding carboxylic acids is 2. The van der Waals surface area contributed by atoms with Crippen LogP contribution in [0.4, 0.5) is 21.0 Å². The van der Waals surface area contributed by atoms with Gasteiger partial charge >= 0.3 is 12.2 Å². The summed E-state index contributed by atoms with van der Waals surface area (Å²) in [7, 11) is 0. The summed E-state index contributed by atoms with van der Waals surface area (Å²) in [5.74, 6) is 0.676. The van der Waals surface area contributed by atoms with E-state index in [9.17, 15) is 19.8 Å². The molecule has 0 saturated heterocycles. The Morgan fingerprint density at radius 1 is 0.527 bits per heavy atom. The maximum absolute atomic E-state index is 12.7.